The summed E-state index contributed by atoms with van der Waals surface area (Å²) in [6.45, 7) is 1.91. The van der Waals surface area contributed by atoms with Crippen LogP contribution in [0.15, 0.2) is 30.5 Å². The van der Waals surface area contributed by atoms with E-state index in [9.17, 15) is 4.79 Å². The minimum Gasteiger partial charge on any atom is -0.493 e. The molecule has 4 nitrogen and oxygen atoms in total. The summed E-state index contributed by atoms with van der Waals surface area (Å²) >= 11 is 0. The van der Waals surface area contributed by atoms with Gasteiger partial charge in [-0.2, -0.15) is 0 Å². The molecule has 1 aromatic heterocycles. The van der Waals surface area contributed by atoms with Crippen molar-refractivity contribution >= 4 is 6.29 Å². The van der Waals surface area contributed by atoms with Crippen LogP contribution in [0.4, 0.5) is 0 Å². The molecule has 0 radical (unpaired) electrons. The number of benzene rings is 1. The molecular weight excluding hydrogens is 242 g/mol. The first-order chi connectivity index (χ1) is 9.19. The van der Waals surface area contributed by atoms with Crippen LogP contribution in [0.25, 0.3) is 11.1 Å². The van der Waals surface area contributed by atoms with Gasteiger partial charge >= 0.3 is 0 Å². The van der Waals surface area contributed by atoms with Crippen molar-refractivity contribution in [3.05, 3.63) is 41.7 Å². The van der Waals surface area contributed by atoms with Gasteiger partial charge in [0.15, 0.2) is 17.8 Å². The van der Waals surface area contributed by atoms with Crippen molar-refractivity contribution < 1.29 is 14.3 Å². The summed E-state index contributed by atoms with van der Waals surface area (Å²) in [4.78, 5) is 15.4. The van der Waals surface area contributed by atoms with Gasteiger partial charge in [0, 0.05) is 17.5 Å². The molecule has 0 aliphatic heterocycles. The van der Waals surface area contributed by atoms with Gasteiger partial charge in [0.2, 0.25) is 0 Å². The number of hydrogen-bond acceptors (Lipinski definition) is 4. The molecule has 0 aliphatic carbocycles. The average molecular weight is 257 g/mol. The Balaban J connectivity index is 2.65. The number of aldehydes is 1. The fourth-order valence-electron chi connectivity index (χ4n) is 1.96. The predicted octanol–water partition coefficient (Wildman–Crippen LogP) is 2.89. The molecule has 2 rings (SSSR count). The molecule has 0 amide bonds. The molecular formula is C15H15NO3. The summed E-state index contributed by atoms with van der Waals surface area (Å²) < 4.78 is 10.5. The van der Waals surface area contributed by atoms with Gasteiger partial charge in [-0.1, -0.05) is 0 Å². The molecule has 0 aliphatic rings. The molecule has 0 saturated carbocycles. The highest BCUT2D eigenvalue weighted by atomic mass is 16.5. The van der Waals surface area contributed by atoms with Gasteiger partial charge in [0.25, 0.3) is 0 Å². The van der Waals surface area contributed by atoms with Gasteiger partial charge in [0.05, 0.1) is 14.2 Å². The minimum absolute atomic E-state index is 0.541. The van der Waals surface area contributed by atoms with Gasteiger partial charge in [-0.3, -0.25) is 9.78 Å². The van der Waals surface area contributed by atoms with E-state index in [1.54, 1.807) is 32.5 Å². The van der Waals surface area contributed by atoms with Crippen LogP contribution in [0.3, 0.4) is 0 Å². The first-order valence-corrected chi connectivity index (χ1v) is 5.83. The van der Waals surface area contributed by atoms with Crippen molar-refractivity contribution in [1.29, 1.82) is 0 Å². The smallest absolute Gasteiger partial charge is 0.161 e. The summed E-state index contributed by atoms with van der Waals surface area (Å²) in [5.74, 6) is 1.14. The first kappa shape index (κ1) is 13.1. The third kappa shape index (κ3) is 2.57. The minimum atomic E-state index is 0.541. The topological polar surface area (TPSA) is 48.4 Å². The monoisotopic (exact) mass is 257 g/mol. The second-order valence-electron chi connectivity index (χ2n) is 4.10. The molecule has 0 atom stereocenters. The van der Waals surface area contributed by atoms with E-state index in [1.807, 2.05) is 19.1 Å². The number of hydrogen-bond donors (Lipinski definition) is 0. The normalized spacial score (nSPS) is 10.1. The number of ether oxygens (including phenoxy) is 2. The first-order valence-electron chi connectivity index (χ1n) is 5.83. The molecule has 0 spiro atoms. The van der Waals surface area contributed by atoms with Gasteiger partial charge in [-0.15, -0.1) is 0 Å². The van der Waals surface area contributed by atoms with Crippen LogP contribution >= 0.6 is 0 Å². The number of carbonyl (C=O) groups excluding carboxylic acids is 1. The maximum absolute atomic E-state index is 11.2. The standard InChI is InChI=1S/C15H15NO3/c1-10-6-11(4-5-16-10)13-8-15(19-3)14(18-2)7-12(13)9-17/h4-9H,1-3H3. The molecule has 98 valence electrons. The van der Waals surface area contributed by atoms with Crippen LogP contribution in [0.2, 0.25) is 0 Å². The molecule has 2 aromatic rings. The van der Waals surface area contributed by atoms with E-state index in [0.29, 0.717) is 17.1 Å². The lowest BCUT2D eigenvalue weighted by Crippen LogP contribution is -1.96. The number of aryl methyl sites for hydroxylation is 1. The molecule has 1 heterocycles. The highest BCUT2D eigenvalue weighted by molar-refractivity contribution is 5.89. The second kappa shape index (κ2) is 5.52. The van der Waals surface area contributed by atoms with Crippen LogP contribution in [0, 0.1) is 6.92 Å². The van der Waals surface area contributed by atoms with Crippen LogP contribution < -0.4 is 9.47 Å². The van der Waals surface area contributed by atoms with Crippen LogP contribution in [0.1, 0.15) is 16.1 Å². The lowest BCUT2D eigenvalue weighted by Gasteiger charge is -2.12. The van der Waals surface area contributed by atoms with Gasteiger partial charge in [-0.05, 0) is 42.3 Å². The molecule has 1 aromatic carbocycles. The van der Waals surface area contributed by atoms with Crippen molar-refractivity contribution in [2.75, 3.05) is 14.2 Å². The molecule has 0 fully saturated rings. The average Bonchev–Trinajstić information content (AvgIpc) is 2.45. The van der Waals surface area contributed by atoms with E-state index in [2.05, 4.69) is 4.98 Å². The Hall–Kier alpha value is -2.36. The maximum Gasteiger partial charge on any atom is 0.161 e. The third-order valence-electron chi connectivity index (χ3n) is 2.89. The number of pyridine rings is 1. The van der Waals surface area contributed by atoms with Crippen LogP contribution in [-0.4, -0.2) is 25.5 Å². The predicted molar refractivity (Wildman–Crippen MR) is 72.9 cm³/mol. The molecule has 0 bridgehead atoms. The van der Waals surface area contributed by atoms with Crippen LogP contribution in [0.5, 0.6) is 11.5 Å². The number of nitrogens with zero attached hydrogens (tertiary/aromatic N) is 1. The Bertz CT molecular complexity index is 608. The molecule has 0 unspecified atom stereocenters. The van der Waals surface area contributed by atoms with Crippen molar-refractivity contribution in [2.45, 2.75) is 6.92 Å². The zero-order valence-electron chi connectivity index (χ0n) is 11.1. The van der Waals surface area contributed by atoms with E-state index < -0.39 is 0 Å². The Morgan fingerprint density at radius 3 is 2.37 bits per heavy atom. The Morgan fingerprint density at radius 1 is 1.11 bits per heavy atom. The number of carbonyl (C=O) groups is 1. The van der Waals surface area contributed by atoms with Gasteiger partial charge in [0.1, 0.15) is 0 Å². The lowest BCUT2D eigenvalue weighted by molar-refractivity contribution is 0.112. The van der Waals surface area contributed by atoms with Crippen LogP contribution in [-0.2, 0) is 0 Å². The van der Waals surface area contributed by atoms with Gasteiger partial charge in [-0.25, -0.2) is 0 Å². The van der Waals surface area contributed by atoms with E-state index in [1.165, 1.54) is 0 Å². The second-order valence-corrected chi connectivity index (χ2v) is 4.10. The summed E-state index contributed by atoms with van der Waals surface area (Å²) in [7, 11) is 3.11. The third-order valence-corrected chi connectivity index (χ3v) is 2.89. The lowest BCUT2D eigenvalue weighted by atomic mass is 10.00. The number of rotatable bonds is 4. The molecule has 4 heteroatoms. The zero-order chi connectivity index (χ0) is 13.8. The van der Waals surface area contributed by atoms with Gasteiger partial charge < -0.3 is 9.47 Å². The van der Waals surface area contributed by atoms with E-state index in [4.69, 9.17) is 9.47 Å². The van der Waals surface area contributed by atoms with Crippen molar-refractivity contribution in [3.8, 4) is 22.6 Å². The Labute approximate surface area is 112 Å². The van der Waals surface area contributed by atoms with E-state index in [0.717, 1.165) is 23.1 Å². The number of methoxy groups -OCH3 is 2. The van der Waals surface area contributed by atoms with Crippen molar-refractivity contribution in [1.82, 2.24) is 4.98 Å². The summed E-state index contributed by atoms with van der Waals surface area (Å²) in [6.07, 6.45) is 2.53. The molecule has 0 N–H and O–H groups in total. The largest absolute Gasteiger partial charge is 0.493 e. The maximum atomic E-state index is 11.2. The highest BCUT2D eigenvalue weighted by Gasteiger charge is 2.12. The van der Waals surface area contributed by atoms with Crippen molar-refractivity contribution in [3.63, 3.8) is 0 Å². The molecule has 0 saturated heterocycles. The zero-order valence-corrected chi connectivity index (χ0v) is 11.1. The van der Waals surface area contributed by atoms with E-state index >= 15 is 0 Å². The van der Waals surface area contributed by atoms with E-state index in [-0.39, 0.29) is 0 Å². The fraction of sp³-hybridized carbons (Fsp3) is 0.200. The summed E-state index contributed by atoms with van der Waals surface area (Å²) in [5.41, 5.74) is 3.18. The fourth-order valence-corrected chi connectivity index (χ4v) is 1.96. The van der Waals surface area contributed by atoms with Crippen molar-refractivity contribution in [2.24, 2.45) is 0 Å². The quantitative estimate of drug-likeness (QED) is 0.790. The Morgan fingerprint density at radius 2 is 1.79 bits per heavy atom. The summed E-state index contributed by atoms with van der Waals surface area (Å²) in [6, 6.07) is 7.27. The summed E-state index contributed by atoms with van der Waals surface area (Å²) in [5, 5.41) is 0. The molecule has 19 heavy (non-hydrogen) atoms. The SMILES string of the molecule is COc1cc(C=O)c(-c2ccnc(C)c2)cc1OC. The Kier molecular flexibility index (Phi) is 3.80. The number of aromatic nitrogens is 1. The highest BCUT2D eigenvalue weighted by Crippen LogP contribution is 2.35.